The number of halogens is 1. The fourth-order valence-corrected chi connectivity index (χ4v) is 3.66. The highest BCUT2D eigenvalue weighted by Gasteiger charge is 2.35. The lowest BCUT2D eigenvalue weighted by atomic mass is 10.2. The molecule has 6 heteroatoms. The summed E-state index contributed by atoms with van der Waals surface area (Å²) in [5.41, 5.74) is 2.56. The Morgan fingerprint density at radius 2 is 1.70 bits per heavy atom. The number of rotatable bonds is 4. The van der Waals surface area contributed by atoms with Crippen LogP contribution in [0.15, 0.2) is 78.0 Å². The number of thioether (sulfide) groups is 1. The minimum Gasteiger partial charge on any atom is -0.323 e. The largest absolute Gasteiger partial charge is 0.323 e. The highest BCUT2D eigenvalue weighted by molar-refractivity contribution is 8.18. The molecule has 4 rings (SSSR count). The molecule has 0 unspecified atom stereocenters. The van der Waals surface area contributed by atoms with Crippen LogP contribution in [0.1, 0.15) is 11.1 Å². The molecular weight excluding hydrogens is 363 g/mol. The maximum Gasteiger partial charge on any atom is 0.293 e. The Hall–Kier alpha value is -3.12. The molecule has 0 N–H and O–H groups in total. The van der Waals surface area contributed by atoms with Crippen LogP contribution in [0.2, 0.25) is 0 Å². The number of nitrogens with zero attached hydrogens (tertiary/aromatic N) is 2. The number of carbonyl (C=O) groups is 2. The van der Waals surface area contributed by atoms with Crippen molar-refractivity contribution in [1.82, 2.24) is 9.47 Å². The van der Waals surface area contributed by atoms with Gasteiger partial charge in [0.25, 0.3) is 11.1 Å². The molecule has 0 spiro atoms. The summed E-state index contributed by atoms with van der Waals surface area (Å²) < 4.78 is 15.0. The van der Waals surface area contributed by atoms with E-state index in [-0.39, 0.29) is 23.5 Å². The molecule has 0 atom stereocenters. The van der Waals surface area contributed by atoms with Crippen LogP contribution in [-0.2, 0) is 11.3 Å². The summed E-state index contributed by atoms with van der Waals surface area (Å²) >= 11 is 0.919. The number of aromatic nitrogens is 1. The van der Waals surface area contributed by atoms with Gasteiger partial charge in [-0.05, 0) is 59.3 Å². The van der Waals surface area contributed by atoms with Crippen LogP contribution in [0.25, 0.3) is 11.8 Å². The predicted molar refractivity (Wildman–Crippen MR) is 104 cm³/mol. The van der Waals surface area contributed by atoms with Gasteiger partial charge in [0.2, 0.25) is 0 Å². The van der Waals surface area contributed by atoms with E-state index in [0.29, 0.717) is 10.5 Å². The number of para-hydroxylation sites is 1. The molecule has 4 nitrogen and oxygen atoms in total. The number of hydrogen-bond acceptors (Lipinski definition) is 3. The van der Waals surface area contributed by atoms with E-state index in [1.54, 1.807) is 18.2 Å². The fraction of sp³-hybridized carbons (Fsp3) is 0.0476. The third kappa shape index (κ3) is 3.71. The summed E-state index contributed by atoms with van der Waals surface area (Å²) in [5, 5.41) is -0.321. The van der Waals surface area contributed by atoms with Crippen molar-refractivity contribution < 1.29 is 14.0 Å². The molecule has 1 aliphatic heterocycles. The Balaban J connectivity index is 1.53. The number of carbonyl (C=O) groups excluding carboxylic acids is 2. The molecule has 1 saturated heterocycles. The molecule has 2 aromatic carbocycles. The highest BCUT2D eigenvalue weighted by atomic mass is 32.2. The quantitative estimate of drug-likeness (QED) is 0.609. The number of amides is 2. The Labute approximate surface area is 159 Å². The maximum atomic E-state index is 13.0. The van der Waals surface area contributed by atoms with Gasteiger partial charge in [-0.15, -0.1) is 0 Å². The molecule has 3 aromatic rings. The van der Waals surface area contributed by atoms with Crippen molar-refractivity contribution in [2.45, 2.75) is 6.54 Å². The van der Waals surface area contributed by atoms with Crippen LogP contribution in [0.5, 0.6) is 0 Å². The zero-order valence-corrected chi connectivity index (χ0v) is 15.0. The molecule has 1 aromatic heterocycles. The summed E-state index contributed by atoms with van der Waals surface area (Å²) in [6, 6.07) is 17.5. The van der Waals surface area contributed by atoms with Crippen molar-refractivity contribution in [3.05, 3.63) is 94.9 Å². The highest BCUT2D eigenvalue weighted by Crippen LogP contribution is 2.33. The van der Waals surface area contributed by atoms with E-state index in [0.717, 1.165) is 23.0 Å². The zero-order valence-electron chi connectivity index (χ0n) is 14.2. The van der Waals surface area contributed by atoms with Gasteiger partial charge in [0.05, 0.1) is 11.4 Å². The van der Waals surface area contributed by atoms with E-state index in [2.05, 4.69) is 0 Å². The van der Waals surface area contributed by atoms with Crippen molar-refractivity contribution in [2.75, 3.05) is 0 Å². The number of hydrogen-bond donors (Lipinski definition) is 0. The van der Waals surface area contributed by atoms with Gasteiger partial charge in [0.15, 0.2) is 0 Å². The lowest BCUT2D eigenvalue weighted by Gasteiger charge is -2.12. The third-order valence-corrected chi connectivity index (χ3v) is 5.10. The van der Waals surface area contributed by atoms with Crippen molar-refractivity contribution in [3.8, 4) is 5.69 Å². The van der Waals surface area contributed by atoms with Gasteiger partial charge in [-0.2, -0.15) is 0 Å². The van der Waals surface area contributed by atoms with Crippen LogP contribution >= 0.6 is 11.8 Å². The second kappa shape index (κ2) is 7.25. The first-order chi connectivity index (χ1) is 13.1. The van der Waals surface area contributed by atoms with Crippen molar-refractivity contribution in [3.63, 3.8) is 0 Å². The van der Waals surface area contributed by atoms with E-state index < -0.39 is 0 Å². The molecule has 27 heavy (non-hydrogen) atoms. The molecule has 2 heterocycles. The molecule has 0 bridgehead atoms. The average Bonchev–Trinajstić information content (AvgIpc) is 3.25. The molecule has 0 aliphatic carbocycles. The topological polar surface area (TPSA) is 42.3 Å². The first kappa shape index (κ1) is 17.3. The fourth-order valence-electron chi connectivity index (χ4n) is 2.82. The Morgan fingerprint density at radius 3 is 2.44 bits per heavy atom. The minimum absolute atomic E-state index is 0.132. The van der Waals surface area contributed by atoms with Crippen LogP contribution in [-0.4, -0.2) is 20.6 Å². The van der Waals surface area contributed by atoms with Crippen molar-refractivity contribution >= 4 is 29.0 Å². The van der Waals surface area contributed by atoms with Gasteiger partial charge in [-0.25, -0.2) is 4.39 Å². The molecular formula is C21H15FN2O2S. The minimum atomic E-state index is -0.351. The zero-order chi connectivity index (χ0) is 18.8. The number of imide groups is 1. The van der Waals surface area contributed by atoms with E-state index >= 15 is 0 Å². The average molecular weight is 378 g/mol. The van der Waals surface area contributed by atoms with E-state index in [1.807, 2.05) is 53.4 Å². The lowest BCUT2D eigenvalue weighted by Crippen LogP contribution is -2.27. The molecule has 0 radical (unpaired) electrons. The van der Waals surface area contributed by atoms with Gasteiger partial charge in [0.1, 0.15) is 5.82 Å². The summed E-state index contributed by atoms with van der Waals surface area (Å²) in [5.74, 6) is -0.683. The van der Waals surface area contributed by atoms with Crippen LogP contribution < -0.4 is 0 Å². The first-order valence-corrected chi connectivity index (χ1v) is 9.15. The van der Waals surface area contributed by atoms with Crippen molar-refractivity contribution in [1.29, 1.82) is 0 Å². The SMILES string of the molecule is O=C1S/C(=C/c2ccn(-c3ccccc3)c2)C(=O)N1Cc1ccc(F)cc1. The predicted octanol–water partition coefficient (Wildman–Crippen LogP) is 4.85. The van der Waals surface area contributed by atoms with Gasteiger partial charge in [-0.1, -0.05) is 30.3 Å². The van der Waals surface area contributed by atoms with Gasteiger partial charge in [0, 0.05) is 18.1 Å². The van der Waals surface area contributed by atoms with Crippen LogP contribution in [0, 0.1) is 5.82 Å². The third-order valence-electron chi connectivity index (χ3n) is 4.20. The molecule has 2 amide bonds. The summed E-state index contributed by atoms with van der Waals surface area (Å²) in [6.07, 6.45) is 5.53. The second-order valence-electron chi connectivity index (χ2n) is 6.08. The summed E-state index contributed by atoms with van der Waals surface area (Å²) in [4.78, 5) is 26.4. The summed E-state index contributed by atoms with van der Waals surface area (Å²) in [7, 11) is 0. The Kier molecular flexibility index (Phi) is 4.64. The lowest BCUT2D eigenvalue weighted by molar-refractivity contribution is -0.123. The van der Waals surface area contributed by atoms with Gasteiger partial charge < -0.3 is 4.57 Å². The van der Waals surface area contributed by atoms with Crippen molar-refractivity contribution in [2.24, 2.45) is 0 Å². The standard InChI is InChI=1S/C21H15FN2O2S/c22-17-8-6-15(7-9-17)14-24-20(25)19(27-21(24)26)12-16-10-11-23(13-16)18-4-2-1-3-5-18/h1-13H,14H2/b19-12+. The maximum absolute atomic E-state index is 13.0. The normalized spacial score (nSPS) is 15.7. The molecule has 1 fully saturated rings. The molecule has 1 aliphatic rings. The van der Waals surface area contributed by atoms with Gasteiger partial charge >= 0.3 is 0 Å². The Bertz CT molecular complexity index is 1030. The van der Waals surface area contributed by atoms with E-state index in [4.69, 9.17) is 0 Å². The summed E-state index contributed by atoms with van der Waals surface area (Å²) in [6.45, 7) is 0.132. The molecule has 134 valence electrons. The number of benzene rings is 2. The Morgan fingerprint density at radius 1 is 0.963 bits per heavy atom. The molecule has 0 saturated carbocycles. The van der Waals surface area contributed by atoms with Gasteiger partial charge in [-0.3, -0.25) is 14.5 Å². The first-order valence-electron chi connectivity index (χ1n) is 8.33. The van der Waals surface area contributed by atoms with Crippen LogP contribution in [0.3, 0.4) is 0 Å². The van der Waals surface area contributed by atoms with E-state index in [1.165, 1.54) is 17.0 Å². The van der Waals surface area contributed by atoms with Crippen LogP contribution in [0.4, 0.5) is 9.18 Å². The van der Waals surface area contributed by atoms with E-state index in [9.17, 15) is 14.0 Å². The smallest absolute Gasteiger partial charge is 0.293 e. The second-order valence-corrected chi connectivity index (χ2v) is 7.08. The monoisotopic (exact) mass is 378 g/mol.